The Labute approximate surface area is 85.5 Å². The molecule has 0 aliphatic carbocycles. The van der Waals surface area contributed by atoms with Crippen LogP contribution in [0, 0.1) is 5.92 Å². The van der Waals surface area contributed by atoms with Gasteiger partial charge in [0, 0.05) is 6.54 Å². The summed E-state index contributed by atoms with van der Waals surface area (Å²) in [7, 11) is 0. The fraction of sp³-hybridized carbons (Fsp3) is 0.500. The monoisotopic (exact) mass is 190 g/mol. The highest BCUT2D eigenvalue weighted by Crippen LogP contribution is 2.15. The summed E-state index contributed by atoms with van der Waals surface area (Å²) in [6, 6.07) is 8.69. The van der Waals surface area contributed by atoms with E-state index in [0.717, 1.165) is 5.92 Å². The maximum absolute atomic E-state index is 5.55. The van der Waals surface area contributed by atoms with E-state index in [2.05, 4.69) is 29.6 Å². The maximum atomic E-state index is 5.55. The average Bonchev–Trinajstić information content (AvgIpc) is 2.72. The van der Waals surface area contributed by atoms with Crippen LogP contribution in [0.25, 0.3) is 0 Å². The van der Waals surface area contributed by atoms with Gasteiger partial charge in [0.2, 0.25) is 0 Å². The third-order valence-electron chi connectivity index (χ3n) is 2.95. The van der Waals surface area contributed by atoms with Gasteiger partial charge in [0.25, 0.3) is 0 Å². The Morgan fingerprint density at radius 3 is 2.50 bits per heavy atom. The summed E-state index contributed by atoms with van der Waals surface area (Å²) in [6.45, 7) is 3.01. The fourth-order valence-electron chi connectivity index (χ4n) is 2.03. The van der Waals surface area contributed by atoms with Crippen molar-refractivity contribution in [3.8, 4) is 0 Å². The lowest BCUT2D eigenvalue weighted by Gasteiger charge is -2.08. The van der Waals surface area contributed by atoms with Gasteiger partial charge in [0.1, 0.15) is 0 Å². The first kappa shape index (κ1) is 9.69. The summed E-state index contributed by atoms with van der Waals surface area (Å²) in [5.74, 6) is 0.832. The van der Waals surface area contributed by atoms with Crippen LogP contribution in [-0.4, -0.2) is 13.1 Å². The van der Waals surface area contributed by atoms with Gasteiger partial charge in [-0.1, -0.05) is 24.3 Å². The Hall–Kier alpha value is -0.860. The summed E-state index contributed by atoms with van der Waals surface area (Å²) < 4.78 is 0. The summed E-state index contributed by atoms with van der Waals surface area (Å²) >= 11 is 0. The first-order valence-electron chi connectivity index (χ1n) is 5.37. The number of hydrogen-bond donors (Lipinski definition) is 2. The fourth-order valence-corrected chi connectivity index (χ4v) is 2.03. The van der Waals surface area contributed by atoms with Crippen molar-refractivity contribution in [1.29, 1.82) is 0 Å². The summed E-state index contributed by atoms with van der Waals surface area (Å²) in [5, 5.41) is 3.40. The second-order valence-corrected chi connectivity index (χ2v) is 4.08. The molecule has 0 radical (unpaired) electrons. The van der Waals surface area contributed by atoms with Crippen LogP contribution in [-0.2, 0) is 13.0 Å². The van der Waals surface area contributed by atoms with E-state index in [4.69, 9.17) is 5.73 Å². The molecule has 1 aliphatic rings. The highest BCUT2D eigenvalue weighted by atomic mass is 14.9. The third kappa shape index (κ3) is 2.34. The zero-order valence-corrected chi connectivity index (χ0v) is 8.50. The first-order chi connectivity index (χ1) is 6.88. The molecule has 0 spiro atoms. The van der Waals surface area contributed by atoms with Crippen LogP contribution in [0.5, 0.6) is 0 Å². The molecule has 2 rings (SSSR count). The first-order valence-corrected chi connectivity index (χ1v) is 5.37. The van der Waals surface area contributed by atoms with Crippen LogP contribution in [0.2, 0.25) is 0 Å². The van der Waals surface area contributed by atoms with Crippen molar-refractivity contribution in [3.05, 3.63) is 35.4 Å². The lowest BCUT2D eigenvalue weighted by atomic mass is 9.98. The summed E-state index contributed by atoms with van der Waals surface area (Å²) in [4.78, 5) is 0. The van der Waals surface area contributed by atoms with Gasteiger partial charge in [-0.3, -0.25) is 0 Å². The van der Waals surface area contributed by atoms with Crippen LogP contribution in [0.15, 0.2) is 24.3 Å². The molecule has 76 valence electrons. The van der Waals surface area contributed by atoms with E-state index in [9.17, 15) is 0 Å². The third-order valence-corrected chi connectivity index (χ3v) is 2.95. The van der Waals surface area contributed by atoms with Gasteiger partial charge in [0.15, 0.2) is 0 Å². The predicted molar refractivity (Wildman–Crippen MR) is 59.0 cm³/mol. The number of rotatable bonds is 3. The Balaban J connectivity index is 1.95. The number of hydrogen-bond acceptors (Lipinski definition) is 2. The van der Waals surface area contributed by atoms with E-state index in [1.165, 1.54) is 37.1 Å². The normalized spacial score (nSPS) is 21.4. The van der Waals surface area contributed by atoms with Crippen molar-refractivity contribution in [1.82, 2.24) is 5.32 Å². The lowest BCUT2D eigenvalue weighted by molar-refractivity contribution is 0.580. The van der Waals surface area contributed by atoms with Crippen molar-refractivity contribution in [3.63, 3.8) is 0 Å². The average molecular weight is 190 g/mol. The molecule has 0 bridgehead atoms. The molecule has 14 heavy (non-hydrogen) atoms. The SMILES string of the molecule is NCc1ccc(CC2CCNC2)cc1. The molecule has 2 heteroatoms. The molecule has 3 N–H and O–H groups in total. The Morgan fingerprint density at radius 2 is 1.93 bits per heavy atom. The molecule has 1 saturated heterocycles. The van der Waals surface area contributed by atoms with Crippen LogP contribution in [0.3, 0.4) is 0 Å². The summed E-state index contributed by atoms with van der Waals surface area (Å²) in [5.41, 5.74) is 8.21. The predicted octanol–water partition coefficient (Wildman–Crippen LogP) is 1.30. The van der Waals surface area contributed by atoms with Crippen molar-refractivity contribution < 1.29 is 0 Å². The molecule has 2 nitrogen and oxygen atoms in total. The van der Waals surface area contributed by atoms with Crippen molar-refractivity contribution in [2.75, 3.05) is 13.1 Å². The molecule has 1 fully saturated rings. The Bertz CT molecular complexity index is 273. The number of nitrogens with one attached hydrogen (secondary N) is 1. The molecule has 1 aliphatic heterocycles. The molecule has 0 saturated carbocycles. The van der Waals surface area contributed by atoms with Crippen LogP contribution >= 0.6 is 0 Å². The number of nitrogens with two attached hydrogens (primary N) is 1. The minimum Gasteiger partial charge on any atom is -0.326 e. The van der Waals surface area contributed by atoms with E-state index in [1.54, 1.807) is 0 Å². The smallest absolute Gasteiger partial charge is 0.0178 e. The second-order valence-electron chi connectivity index (χ2n) is 4.08. The minimum absolute atomic E-state index is 0.644. The van der Waals surface area contributed by atoms with E-state index in [1.807, 2.05) is 0 Å². The summed E-state index contributed by atoms with van der Waals surface area (Å²) in [6.07, 6.45) is 2.52. The van der Waals surface area contributed by atoms with Gasteiger partial charge in [-0.2, -0.15) is 0 Å². The highest BCUT2D eigenvalue weighted by Gasteiger charge is 2.14. The quantitative estimate of drug-likeness (QED) is 0.754. The Kier molecular flexibility index (Phi) is 3.17. The van der Waals surface area contributed by atoms with Crippen LogP contribution in [0.4, 0.5) is 0 Å². The van der Waals surface area contributed by atoms with Gasteiger partial charge in [-0.15, -0.1) is 0 Å². The van der Waals surface area contributed by atoms with Crippen LogP contribution < -0.4 is 11.1 Å². The molecular weight excluding hydrogens is 172 g/mol. The van der Waals surface area contributed by atoms with Gasteiger partial charge in [0.05, 0.1) is 0 Å². The molecule has 1 unspecified atom stereocenters. The number of benzene rings is 1. The molecule has 1 heterocycles. The standard InChI is InChI=1S/C12H18N2/c13-8-11-3-1-10(2-4-11)7-12-5-6-14-9-12/h1-4,12,14H,5-9,13H2. The molecule has 0 amide bonds. The highest BCUT2D eigenvalue weighted by molar-refractivity contribution is 5.22. The van der Waals surface area contributed by atoms with Gasteiger partial charge in [-0.25, -0.2) is 0 Å². The largest absolute Gasteiger partial charge is 0.326 e. The van der Waals surface area contributed by atoms with Gasteiger partial charge in [-0.05, 0) is 43.0 Å². The lowest BCUT2D eigenvalue weighted by Crippen LogP contribution is -2.10. The van der Waals surface area contributed by atoms with Gasteiger partial charge >= 0.3 is 0 Å². The topological polar surface area (TPSA) is 38.0 Å². The maximum Gasteiger partial charge on any atom is 0.0178 e. The molecule has 1 atom stereocenters. The minimum atomic E-state index is 0.644. The zero-order valence-electron chi connectivity index (χ0n) is 8.50. The van der Waals surface area contributed by atoms with Crippen molar-refractivity contribution in [2.24, 2.45) is 11.7 Å². The molecule has 1 aromatic rings. The zero-order chi connectivity index (χ0) is 9.80. The molecule has 1 aromatic carbocycles. The van der Waals surface area contributed by atoms with Gasteiger partial charge < -0.3 is 11.1 Å². The van der Waals surface area contributed by atoms with E-state index in [-0.39, 0.29) is 0 Å². The van der Waals surface area contributed by atoms with E-state index >= 15 is 0 Å². The van der Waals surface area contributed by atoms with E-state index in [0.29, 0.717) is 6.54 Å². The van der Waals surface area contributed by atoms with Crippen LogP contribution in [0.1, 0.15) is 17.5 Å². The van der Waals surface area contributed by atoms with E-state index < -0.39 is 0 Å². The van der Waals surface area contributed by atoms with Crippen molar-refractivity contribution >= 4 is 0 Å². The second kappa shape index (κ2) is 4.58. The Morgan fingerprint density at radius 1 is 1.21 bits per heavy atom. The molecular formula is C12H18N2. The van der Waals surface area contributed by atoms with Crippen molar-refractivity contribution in [2.45, 2.75) is 19.4 Å². The molecule has 0 aromatic heterocycles.